The lowest BCUT2D eigenvalue weighted by atomic mass is 10.0. The second-order valence-corrected chi connectivity index (χ2v) is 5.95. The van der Waals surface area contributed by atoms with Crippen LogP contribution in [0.3, 0.4) is 0 Å². The van der Waals surface area contributed by atoms with Crippen LogP contribution in [-0.4, -0.2) is 32.7 Å². The topological polar surface area (TPSA) is 68.3 Å². The van der Waals surface area contributed by atoms with Gasteiger partial charge in [0.2, 0.25) is 5.03 Å². The van der Waals surface area contributed by atoms with Crippen molar-refractivity contribution in [2.24, 2.45) is 5.92 Å². The zero-order chi connectivity index (χ0) is 13.2. The first kappa shape index (κ1) is 13.4. The number of pyridine rings is 1. The van der Waals surface area contributed by atoms with Gasteiger partial charge in [0.15, 0.2) is 5.82 Å². The van der Waals surface area contributed by atoms with Crippen LogP contribution in [0.4, 0.5) is 4.39 Å². The summed E-state index contributed by atoms with van der Waals surface area (Å²) in [6.07, 6.45) is 2.05. The third-order valence-corrected chi connectivity index (χ3v) is 4.48. The molecule has 5 nitrogen and oxygen atoms in total. The first-order valence-electron chi connectivity index (χ1n) is 5.71. The Morgan fingerprint density at radius 3 is 3.00 bits per heavy atom. The van der Waals surface area contributed by atoms with Crippen molar-refractivity contribution in [1.29, 1.82) is 0 Å². The molecular weight excluding hydrogens is 259 g/mol. The maximum absolute atomic E-state index is 13.4. The van der Waals surface area contributed by atoms with E-state index in [0.717, 1.165) is 12.5 Å². The lowest BCUT2D eigenvalue weighted by Crippen LogP contribution is -2.39. The largest absolute Gasteiger partial charge is 0.381 e. The van der Waals surface area contributed by atoms with Crippen LogP contribution in [-0.2, 0) is 14.8 Å². The lowest BCUT2D eigenvalue weighted by molar-refractivity contribution is 0.180. The van der Waals surface area contributed by atoms with Crippen molar-refractivity contribution in [2.45, 2.75) is 24.4 Å². The number of sulfonamides is 1. The first-order valence-corrected chi connectivity index (χ1v) is 7.19. The monoisotopic (exact) mass is 274 g/mol. The van der Waals surface area contributed by atoms with Crippen LogP contribution in [0.2, 0.25) is 0 Å². The molecular formula is C11H15FN2O3S. The molecule has 2 atom stereocenters. The summed E-state index contributed by atoms with van der Waals surface area (Å²) in [5.74, 6) is -0.730. The number of hydrogen-bond acceptors (Lipinski definition) is 4. The summed E-state index contributed by atoms with van der Waals surface area (Å²) < 4.78 is 45.0. The van der Waals surface area contributed by atoms with Crippen molar-refractivity contribution in [3.05, 3.63) is 24.1 Å². The number of aromatic nitrogens is 1. The zero-order valence-corrected chi connectivity index (χ0v) is 10.8. The minimum absolute atomic E-state index is 0.117. The SMILES string of the molecule is CC(NS(=O)(=O)c1ncccc1F)C1CCOC1. The molecule has 1 aromatic heterocycles. The highest BCUT2D eigenvalue weighted by Gasteiger charge is 2.28. The van der Waals surface area contributed by atoms with Crippen molar-refractivity contribution in [3.8, 4) is 0 Å². The molecule has 2 rings (SSSR count). The Bertz CT molecular complexity index is 515. The molecule has 7 heteroatoms. The number of hydrogen-bond donors (Lipinski definition) is 1. The molecule has 0 spiro atoms. The molecule has 0 bridgehead atoms. The summed E-state index contributed by atoms with van der Waals surface area (Å²) in [5, 5.41) is -0.559. The van der Waals surface area contributed by atoms with Gasteiger partial charge in [-0.25, -0.2) is 22.5 Å². The van der Waals surface area contributed by atoms with Crippen LogP contribution in [0.25, 0.3) is 0 Å². The molecule has 2 heterocycles. The number of halogens is 1. The molecule has 1 fully saturated rings. The van der Waals surface area contributed by atoms with Crippen molar-refractivity contribution in [3.63, 3.8) is 0 Å². The smallest absolute Gasteiger partial charge is 0.261 e. The quantitative estimate of drug-likeness (QED) is 0.886. The van der Waals surface area contributed by atoms with E-state index < -0.39 is 20.9 Å². The van der Waals surface area contributed by atoms with Crippen LogP contribution in [0.5, 0.6) is 0 Å². The predicted molar refractivity (Wildman–Crippen MR) is 62.9 cm³/mol. The molecule has 1 aromatic rings. The molecule has 0 saturated carbocycles. The number of ether oxygens (including phenoxy) is 1. The van der Waals surface area contributed by atoms with E-state index in [1.807, 2.05) is 0 Å². The minimum atomic E-state index is -3.92. The summed E-state index contributed by atoms with van der Waals surface area (Å²) in [6, 6.07) is 2.12. The third kappa shape index (κ3) is 2.85. The maximum atomic E-state index is 13.4. The molecule has 0 amide bonds. The van der Waals surface area contributed by atoms with Crippen LogP contribution < -0.4 is 4.72 Å². The van der Waals surface area contributed by atoms with Crippen LogP contribution in [0.1, 0.15) is 13.3 Å². The van der Waals surface area contributed by atoms with E-state index in [1.165, 1.54) is 12.3 Å². The average molecular weight is 274 g/mol. The van der Waals surface area contributed by atoms with E-state index in [9.17, 15) is 12.8 Å². The molecule has 1 aliphatic rings. The van der Waals surface area contributed by atoms with Gasteiger partial charge in [0, 0.05) is 24.8 Å². The normalized spacial score (nSPS) is 22.0. The Morgan fingerprint density at radius 2 is 2.39 bits per heavy atom. The van der Waals surface area contributed by atoms with Gasteiger partial charge in [0.25, 0.3) is 10.0 Å². The highest BCUT2D eigenvalue weighted by atomic mass is 32.2. The van der Waals surface area contributed by atoms with Crippen LogP contribution in [0, 0.1) is 11.7 Å². The molecule has 0 radical (unpaired) electrons. The summed E-state index contributed by atoms with van der Waals surface area (Å²) in [7, 11) is -3.92. The molecule has 18 heavy (non-hydrogen) atoms. The fourth-order valence-electron chi connectivity index (χ4n) is 1.91. The van der Waals surface area contributed by atoms with E-state index in [0.29, 0.717) is 13.2 Å². The van der Waals surface area contributed by atoms with Crippen molar-refractivity contribution in [1.82, 2.24) is 9.71 Å². The summed E-state index contributed by atoms with van der Waals surface area (Å²) >= 11 is 0. The standard InChI is InChI=1S/C11H15FN2O3S/c1-8(9-4-6-17-7-9)14-18(15,16)11-10(12)3-2-5-13-11/h2-3,5,8-9,14H,4,6-7H2,1H3. The van der Waals surface area contributed by atoms with Gasteiger partial charge in [0.1, 0.15) is 0 Å². The van der Waals surface area contributed by atoms with Gasteiger partial charge in [-0.2, -0.15) is 0 Å². The van der Waals surface area contributed by atoms with E-state index in [2.05, 4.69) is 9.71 Å². The number of nitrogens with zero attached hydrogens (tertiary/aromatic N) is 1. The van der Waals surface area contributed by atoms with E-state index >= 15 is 0 Å². The second-order valence-electron chi connectivity index (χ2n) is 4.32. The molecule has 100 valence electrons. The van der Waals surface area contributed by atoms with Crippen LogP contribution in [0.15, 0.2) is 23.4 Å². The van der Waals surface area contributed by atoms with Crippen molar-refractivity contribution >= 4 is 10.0 Å². The maximum Gasteiger partial charge on any atom is 0.261 e. The van der Waals surface area contributed by atoms with E-state index in [-0.39, 0.29) is 12.0 Å². The Kier molecular flexibility index (Phi) is 3.94. The van der Waals surface area contributed by atoms with Gasteiger partial charge >= 0.3 is 0 Å². The first-order chi connectivity index (χ1) is 8.50. The van der Waals surface area contributed by atoms with E-state index in [4.69, 9.17) is 4.74 Å². The van der Waals surface area contributed by atoms with Crippen molar-refractivity contribution in [2.75, 3.05) is 13.2 Å². The Balaban J connectivity index is 2.14. The Labute approximate surface area is 105 Å². The summed E-state index contributed by atoms with van der Waals surface area (Å²) in [6.45, 7) is 2.90. The fourth-order valence-corrected chi connectivity index (χ4v) is 3.23. The molecule has 1 N–H and O–H groups in total. The van der Waals surface area contributed by atoms with Crippen molar-refractivity contribution < 1.29 is 17.5 Å². The zero-order valence-electron chi connectivity index (χ0n) is 9.97. The Morgan fingerprint density at radius 1 is 1.61 bits per heavy atom. The molecule has 1 aliphatic heterocycles. The van der Waals surface area contributed by atoms with Gasteiger partial charge in [-0.15, -0.1) is 0 Å². The minimum Gasteiger partial charge on any atom is -0.381 e. The predicted octanol–water partition coefficient (Wildman–Crippen LogP) is 0.924. The highest BCUT2D eigenvalue weighted by Crippen LogP contribution is 2.18. The molecule has 2 unspecified atom stereocenters. The summed E-state index contributed by atoms with van der Waals surface area (Å²) in [4.78, 5) is 3.57. The van der Waals surface area contributed by atoms with Crippen LogP contribution >= 0.6 is 0 Å². The highest BCUT2D eigenvalue weighted by molar-refractivity contribution is 7.89. The number of rotatable bonds is 4. The average Bonchev–Trinajstić information content (AvgIpc) is 2.82. The molecule has 1 saturated heterocycles. The second kappa shape index (κ2) is 5.29. The number of nitrogens with one attached hydrogen (secondary N) is 1. The summed E-state index contributed by atoms with van der Waals surface area (Å²) in [5.41, 5.74) is 0. The van der Waals surface area contributed by atoms with Gasteiger partial charge in [-0.05, 0) is 25.5 Å². The van der Waals surface area contributed by atoms with Gasteiger partial charge in [-0.3, -0.25) is 0 Å². The van der Waals surface area contributed by atoms with Gasteiger partial charge < -0.3 is 4.74 Å². The fraction of sp³-hybridized carbons (Fsp3) is 0.545. The van der Waals surface area contributed by atoms with Gasteiger partial charge in [0.05, 0.1) is 6.61 Å². The molecule has 0 aromatic carbocycles. The lowest BCUT2D eigenvalue weighted by Gasteiger charge is -2.18. The van der Waals surface area contributed by atoms with Gasteiger partial charge in [-0.1, -0.05) is 0 Å². The van der Waals surface area contributed by atoms with E-state index in [1.54, 1.807) is 6.92 Å². The molecule has 0 aliphatic carbocycles. The third-order valence-electron chi connectivity index (χ3n) is 2.99. The Hall–Kier alpha value is -1.05.